The summed E-state index contributed by atoms with van der Waals surface area (Å²) in [6.07, 6.45) is 2.88. The van der Waals surface area contributed by atoms with Crippen LogP contribution in [0.15, 0.2) is 18.3 Å². The number of hydrogen-bond acceptors (Lipinski definition) is 4. The summed E-state index contributed by atoms with van der Waals surface area (Å²) >= 11 is 0. The zero-order valence-corrected chi connectivity index (χ0v) is 13.7. The topological polar surface area (TPSA) is 48.5 Å². The van der Waals surface area contributed by atoms with E-state index in [9.17, 15) is 4.79 Å². The quantitative estimate of drug-likeness (QED) is 0.706. The lowest BCUT2D eigenvalue weighted by Crippen LogP contribution is -2.39. The Morgan fingerprint density at radius 3 is 2.62 bits per heavy atom. The van der Waals surface area contributed by atoms with Crippen molar-refractivity contribution >= 4 is 11.7 Å². The van der Waals surface area contributed by atoms with Gasteiger partial charge in [-0.25, -0.2) is 4.98 Å². The molecule has 5 heteroatoms. The predicted octanol–water partition coefficient (Wildman–Crippen LogP) is 1.89. The van der Waals surface area contributed by atoms with Crippen LogP contribution in [0.2, 0.25) is 0 Å². The van der Waals surface area contributed by atoms with E-state index in [2.05, 4.69) is 23.3 Å². The fraction of sp³-hybridized carbons (Fsp3) is 0.625. The average Bonchev–Trinajstić information content (AvgIpc) is 2.49. The van der Waals surface area contributed by atoms with Gasteiger partial charge in [0.25, 0.3) is 0 Å². The van der Waals surface area contributed by atoms with Crippen molar-refractivity contribution in [3.05, 3.63) is 23.9 Å². The van der Waals surface area contributed by atoms with Crippen molar-refractivity contribution in [2.24, 2.45) is 0 Å². The molecule has 21 heavy (non-hydrogen) atoms. The summed E-state index contributed by atoms with van der Waals surface area (Å²) in [4.78, 5) is 20.4. The maximum absolute atomic E-state index is 12.2. The van der Waals surface area contributed by atoms with Crippen LogP contribution in [0.4, 0.5) is 5.82 Å². The molecular weight excluding hydrogens is 264 g/mol. The van der Waals surface area contributed by atoms with E-state index < -0.39 is 0 Å². The molecular formula is C16H28N4O. The van der Waals surface area contributed by atoms with Crippen molar-refractivity contribution in [2.45, 2.75) is 33.7 Å². The lowest BCUT2D eigenvalue weighted by Gasteiger charge is -2.25. The molecule has 1 heterocycles. The van der Waals surface area contributed by atoms with Crippen LogP contribution in [0.3, 0.4) is 0 Å². The average molecular weight is 292 g/mol. The number of anilines is 1. The van der Waals surface area contributed by atoms with Crippen LogP contribution in [0, 0.1) is 0 Å². The lowest BCUT2D eigenvalue weighted by atomic mass is 10.2. The van der Waals surface area contributed by atoms with Crippen molar-refractivity contribution in [1.29, 1.82) is 0 Å². The maximum Gasteiger partial charge on any atom is 0.242 e. The Morgan fingerprint density at radius 1 is 1.29 bits per heavy atom. The molecule has 1 N–H and O–H groups in total. The Balaban J connectivity index is 2.72. The highest BCUT2D eigenvalue weighted by molar-refractivity contribution is 5.81. The Hall–Kier alpha value is -1.62. The molecule has 118 valence electrons. The third kappa shape index (κ3) is 5.34. The molecule has 0 bridgehead atoms. The van der Waals surface area contributed by atoms with Gasteiger partial charge < -0.3 is 15.1 Å². The molecule has 0 aliphatic carbocycles. The van der Waals surface area contributed by atoms with Gasteiger partial charge in [0.05, 0.1) is 6.54 Å². The second-order valence-electron chi connectivity index (χ2n) is 5.09. The third-order valence-corrected chi connectivity index (χ3v) is 3.46. The van der Waals surface area contributed by atoms with Crippen LogP contribution < -0.4 is 10.2 Å². The van der Waals surface area contributed by atoms with E-state index in [0.29, 0.717) is 6.54 Å². The minimum absolute atomic E-state index is 0.139. The highest BCUT2D eigenvalue weighted by Crippen LogP contribution is 2.15. The number of carbonyl (C=O) groups is 1. The number of carbonyl (C=O) groups excluding carboxylic acids is 1. The van der Waals surface area contributed by atoms with Crippen molar-refractivity contribution < 1.29 is 4.79 Å². The molecule has 0 aliphatic rings. The van der Waals surface area contributed by atoms with Gasteiger partial charge in [-0.1, -0.05) is 13.0 Å². The number of nitrogens with one attached hydrogen (secondary N) is 1. The number of likely N-dealkylation sites (N-methyl/N-ethyl adjacent to an activating group) is 2. The molecule has 1 amide bonds. The van der Waals surface area contributed by atoms with Gasteiger partial charge in [0, 0.05) is 38.4 Å². The van der Waals surface area contributed by atoms with Crippen LogP contribution in [0.25, 0.3) is 0 Å². The second-order valence-corrected chi connectivity index (χ2v) is 5.09. The van der Waals surface area contributed by atoms with E-state index in [1.54, 1.807) is 6.20 Å². The van der Waals surface area contributed by atoms with E-state index >= 15 is 0 Å². The van der Waals surface area contributed by atoms with E-state index in [-0.39, 0.29) is 5.91 Å². The van der Waals surface area contributed by atoms with Gasteiger partial charge in [0.2, 0.25) is 5.91 Å². The van der Waals surface area contributed by atoms with Gasteiger partial charge in [-0.15, -0.1) is 0 Å². The Labute approximate surface area is 128 Å². The first-order valence-corrected chi connectivity index (χ1v) is 7.77. The summed E-state index contributed by atoms with van der Waals surface area (Å²) in [5.41, 5.74) is 1.13. The summed E-state index contributed by atoms with van der Waals surface area (Å²) < 4.78 is 0. The molecule has 0 atom stereocenters. The van der Waals surface area contributed by atoms with E-state index in [1.807, 2.05) is 36.8 Å². The Morgan fingerprint density at radius 2 is 2.00 bits per heavy atom. The molecule has 0 unspecified atom stereocenters. The fourth-order valence-corrected chi connectivity index (χ4v) is 2.27. The van der Waals surface area contributed by atoms with Crippen LogP contribution in [-0.2, 0) is 11.3 Å². The number of nitrogens with zero attached hydrogens (tertiary/aromatic N) is 3. The highest BCUT2D eigenvalue weighted by Gasteiger charge is 2.15. The molecule has 0 aromatic carbocycles. The summed E-state index contributed by atoms with van der Waals surface area (Å²) in [5, 5.41) is 3.38. The number of hydrogen-bond donors (Lipinski definition) is 1. The first-order chi connectivity index (χ1) is 10.1. The molecule has 5 nitrogen and oxygen atoms in total. The molecule has 1 rings (SSSR count). The molecule has 0 aliphatic heterocycles. The molecule has 0 radical (unpaired) electrons. The van der Waals surface area contributed by atoms with Gasteiger partial charge in [-0.2, -0.15) is 0 Å². The monoisotopic (exact) mass is 292 g/mol. The smallest absolute Gasteiger partial charge is 0.242 e. The van der Waals surface area contributed by atoms with Crippen LogP contribution in [0.1, 0.15) is 32.8 Å². The van der Waals surface area contributed by atoms with Crippen LogP contribution >= 0.6 is 0 Å². The standard InChI is InChI=1S/C16H28N4O/c1-5-10-17-12-14-9-8-11-18-16(14)19(4)13-15(21)20(6-2)7-3/h8-9,11,17H,5-7,10,12-13H2,1-4H3. The zero-order valence-electron chi connectivity index (χ0n) is 13.7. The Kier molecular flexibility index (Phi) is 7.75. The first kappa shape index (κ1) is 17.4. The summed E-state index contributed by atoms with van der Waals surface area (Å²) in [6.45, 7) is 9.76. The minimum Gasteiger partial charge on any atom is -0.350 e. The van der Waals surface area contributed by atoms with Crippen molar-refractivity contribution in [3.63, 3.8) is 0 Å². The maximum atomic E-state index is 12.2. The van der Waals surface area contributed by atoms with Crippen molar-refractivity contribution in [1.82, 2.24) is 15.2 Å². The second kappa shape index (κ2) is 9.34. The van der Waals surface area contributed by atoms with Gasteiger partial charge in [0.1, 0.15) is 5.82 Å². The zero-order chi connectivity index (χ0) is 15.7. The molecule has 1 aromatic rings. The summed E-state index contributed by atoms with van der Waals surface area (Å²) in [6, 6.07) is 4.00. The highest BCUT2D eigenvalue weighted by atomic mass is 16.2. The van der Waals surface area contributed by atoms with E-state index in [0.717, 1.165) is 44.0 Å². The van der Waals surface area contributed by atoms with Gasteiger partial charge in [0.15, 0.2) is 0 Å². The largest absolute Gasteiger partial charge is 0.350 e. The van der Waals surface area contributed by atoms with Crippen LogP contribution in [-0.4, -0.2) is 49.0 Å². The fourth-order valence-electron chi connectivity index (χ4n) is 2.27. The van der Waals surface area contributed by atoms with Crippen LogP contribution in [0.5, 0.6) is 0 Å². The minimum atomic E-state index is 0.139. The van der Waals surface area contributed by atoms with E-state index in [4.69, 9.17) is 0 Å². The summed E-state index contributed by atoms with van der Waals surface area (Å²) in [7, 11) is 1.92. The third-order valence-electron chi connectivity index (χ3n) is 3.46. The number of pyridine rings is 1. The number of rotatable bonds is 9. The number of amides is 1. The number of aromatic nitrogens is 1. The molecule has 0 saturated heterocycles. The molecule has 0 spiro atoms. The molecule has 0 saturated carbocycles. The normalized spacial score (nSPS) is 10.5. The summed E-state index contributed by atoms with van der Waals surface area (Å²) in [5.74, 6) is 1.02. The van der Waals surface area contributed by atoms with Gasteiger partial charge in [-0.05, 0) is 32.9 Å². The molecule has 0 fully saturated rings. The van der Waals surface area contributed by atoms with Gasteiger partial charge >= 0.3 is 0 Å². The predicted molar refractivity (Wildman–Crippen MR) is 87.4 cm³/mol. The Bertz CT molecular complexity index is 432. The SMILES string of the molecule is CCCNCc1cccnc1N(C)CC(=O)N(CC)CC. The van der Waals surface area contributed by atoms with Crippen molar-refractivity contribution in [3.8, 4) is 0 Å². The van der Waals surface area contributed by atoms with E-state index in [1.165, 1.54) is 0 Å². The first-order valence-electron chi connectivity index (χ1n) is 7.77. The molecule has 1 aromatic heterocycles. The van der Waals surface area contributed by atoms with Crippen molar-refractivity contribution in [2.75, 3.05) is 38.1 Å². The lowest BCUT2D eigenvalue weighted by molar-refractivity contribution is -0.129. The van der Waals surface area contributed by atoms with Gasteiger partial charge in [-0.3, -0.25) is 4.79 Å².